The molecule has 2 aromatic heterocycles. The lowest BCUT2D eigenvalue weighted by Gasteiger charge is -2.20. The molecule has 2 aliphatic rings. The summed E-state index contributed by atoms with van der Waals surface area (Å²) >= 11 is 0. The SMILES string of the molecule is O=CC(=O)C1CNCN1C1CC1c1ccc(-c2ccc3ncccc3c2)nc1. The average Bonchev–Trinajstić information content (AvgIpc) is 3.40. The Bertz CT molecular complexity index is 1050. The number of benzene rings is 1. The lowest BCUT2D eigenvalue weighted by molar-refractivity contribution is -0.132. The first-order chi connectivity index (χ1) is 13.7. The van der Waals surface area contributed by atoms with Crippen LogP contribution in [0.15, 0.2) is 54.9 Å². The van der Waals surface area contributed by atoms with Crippen LogP contribution >= 0.6 is 0 Å². The minimum atomic E-state index is -0.338. The van der Waals surface area contributed by atoms with Crippen LogP contribution in [0, 0.1) is 0 Å². The van der Waals surface area contributed by atoms with Gasteiger partial charge in [0.1, 0.15) is 0 Å². The zero-order chi connectivity index (χ0) is 19.1. The number of carbonyl (C=O) groups excluding carboxylic acids is 2. The number of Topliss-reactive ketones (excluding diaryl/α,β-unsaturated/α-hetero) is 1. The molecule has 1 aliphatic carbocycles. The molecule has 1 aliphatic heterocycles. The Kier molecular flexibility index (Phi) is 4.22. The van der Waals surface area contributed by atoms with E-state index in [1.165, 1.54) is 5.56 Å². The molecule has 6 nitrogen and oxygen atoms in total. The molecule has 5 rings (SSSR count). The average molecular weight is 372 g/mol. The summed E-state index contributed by atoms with van der Waals surface area (Å²) in [4.78, 5) is 33.8. The van der Waals surface area contributed by atoms with Crippen LogP contribution < -0.4 is 5.32 Å². The van der Waals surface area contributed by atoms with E-state index in [0.29, 0.717) is 31.5 Å². The Morgan fingerprint density at radius 3 is 2.93 bits per heavy atom. The number of pyridine rings is 2. The molecule has 140 valence electrons. The summed E-state index contributed by atoms with van der Waals surface area (Å²) < 4.78 is 0. The topological polar surface area (TPSA) is 75.2 Å². The molecule has 1 saturated heterocycles. The Labute approximate surface area is 162 Å². The van der Waals surface area contributed by atoms with Crippen LogP contribution in [-0.4, -0.2) is 52.2 Å². The van der Waals surface area contributed by atoms with Crippen molar-refractivity contribution in [1.82, 2.24) is 20.2 Å². The molecule has 1 aromatic carbocycles. The van der Waals surface area contributed by atoms with Crippen molar-refractivity contribution >= 4 is 23.0 Å². The molecule has 3 unspecified atom stereocenters. The number of carbonyl (C=O) groups is 2. The number of fused-ring (bicyclic) bond motifs is 1. The largest absolute Gasteiger partial charge is 0.302 e. The van der Waals surface area contributed by atoms with Gasteiger partial charge in [0.25, 0.3) is 0 Å². The van der Waals surface area contributed by atoms with Crippen molar-refractivity contribution in [2.75, 3.05) is 13.2 Å². The number of nitrogens with zero attached hydrogens (tertiary/aromatic N) is 3. The van der Waals surface area contributed by atoms with Crippen molar-refractivity contribution < 1.29 is 9.59 Å². The highest BCUT2D eigenvalue weighted by Crippen LogP contribution is 2.45. The molecule has 1 N–H and O–H groups in total. The molecule has 1 saturated carbocycles. The Morgan fingerprint density at radius 2 is 2.11 bits per heavy atom. The molecule has 0 spiro atoms. The lowest BCUT2D eigenvalue weighted by Crippen LogP contribution is -2.40. The predicted molar refractivity (Wildman–Crippen MR) is 106 cm³/mol. The van der Waals surface area contributed by atoms with E-state index in [1.807, 2.05) is 24.4 Å². The molecule has 0 amide bonds. The summed E-state index contributed by atoms with van der Waals surface area (Å²) in [5.74, 6) is 0.0270. The normalized spacial score (nSPS) is 24.4. The van der Waals surface area contributed by atoms with Gasteiger partial charge in [-0.25, -0.2) is 0 Å². The van der Waals surface area contributed by atoms with Crippen molar-refractivity contribution in [1.29, 1.82) is 0 Å². The minimum absolute atomic E-state index is 0.295. The van der Waals surface area contributed by atoms with E-state index in [4.69, 9.17) is 0 Å². The molecule has 0 bridgehead atoms. The van der Waals surface area contributed by atoms with Crippen LogP contribution in [0.4, 0.5) is 0 Å². The highest BCUT2D eigenvalue weighted by atomic mass is 16.2. The monoisotopic (exact) mass is 372 g/mol. The fourth-order valence-electron chi connectivity index (χ4n) is 4.19. The molecular weight excluding hydrogens is 352 g/mol. The maximum atomic E-state index is 11.8. The van der Waals surface area contributed by atoms with Crippen LogP contribution in [0.25, 0.3) is 22.2 Å². The first-order valence-electron chi connectivity index (χ1n) is 9.51. The molecule has 28 heavy (non-hydrogen) atoms. The summed E-state index contributed by atoms with van der Waals surface area (Å²) in [5, 5.41) is 4.30. The summed E-state index contributed by atoms with van der Waals surface area (Å²) in [6, 6.07) is 14.3. The van der Waals surface area contributed by atoms with E-state index in [9.17, 15) is 9.59 Å². The van der Waals surface area contributed by atoms with Crippen molar-refractivity contribution in [3.63, 3.8) is 0 Å². The summed E-state index contributed by atoms with van der Waals surface area (Å²) in [6.45, 7) is 1.21. The number of ketones is 1. The third-order valence-electron chi connectivity index (χ3n) is 5.77. The van der Waals surface area contributed by atoms with Crippen molar-refractivity contribution in [2.24, 2.45) is 0 Å². The van der Waals surface area contributed by atoms with Gasteiger partial charge in [0.05, 0.1) is 17.3 Å². The molecular formula is C22H20N4O2. The summed E-state index contributed by atoms with van der Waals surface area (Å²) in [5.41, 5.74) is 4.16. The van der Waals surface area contributed by atoms with Gasteiger partial charge in [0, 0.05) is 48.5 Å². The van der Waals surface area contributed by atoms with Crippen molar-refractivity contribution in [3.8, 4) is 11.3 Å². The van der Waals surface area contributed by atoms with Gasteiger partial charge in [0.2, 0.25) is 5.78 Å². The Morgan fingerprint density at radius 1 is 1.18 bits per heavy atom. The number of aromatic nitrogens is 2. The molecule has 0 radical (unpaired) electrons. The van der Waals surface area contributed by atoms with E-state index in [-0.39, 0.29) is 11.8 Å². The van der Waals surface area contributed by atoms with Gasteiger partial charge in [-0.3, -0.25) is 24.5 Å². The highest BCUT2D eigenvalue weighted by molar-refractivity contribution is 6.27. The third kappa shape index (κ3) is 3.00. The second-order valence-electron chi connectivity index (χ2n) is 7.46. The molecule has 2 fully saturated rings. The maximum absolute atomic E-state index is 11.8. The molecule has 6 heteroatoms. The van der Waals surface area contributed by atoms with Crippen molar-refractivity contribution in [2.45, 2.75) is 24.4 Å². The molecule has 3 heterocycles. The quantitative estimate of drug-likeness (QED) is 0.546. The van der Waals surface area contributed by atoms with Gasteiger partial charge in [-0.15, -0.1) is 0 Å². The van der Waals surface area contributed by atoms with E-state index >= 15 is 0 Å². The second-order valence-corrected chi connectivity index (χ2v) is 7.46. The van der Waals surface area contributed by atoms with Gasteiger partial charge < -0.3 is 5.32 Å². The predicted octanol–water partition coefficient (Wildman–Crippen LogP) is 2.15. The third-order valence-corrected chi connectivity index (χ3v) is 5.77. The van der Waals surface area contributed by atoms with Crippen LogP contribution in [0.3, 0.4) is 0 Å². The standard InChI is InChI=1S/C22H20N4O2/c27-12-22(28)21-11-23-13-26(21)20-9-17(20)16-4-6-19(25-10-16)15-3-5-18-14(8-15)2-1-7-24-18/h1-8,10,12,17,20-21,23H,9,11,13H2. The van der Waals surface area contributed by atoms with Crippen LogP contribution in [-0.2, 0) is 9.59 Å². The van der Waals surface area contributed by atoms with Gasteiger partial charge in [-0.05, 0) is 36.2 Å². The van der Waals surface area contributed by atoms with E-state index in [0.717, 1.165) is 28.6 Å². The lowest BCUT2D eigenvalue weighted by atomic mass is 10.1. The zero-order valence-corrected chi connectivity index (χ0v) is 15.3. The van der Waals surface area contributed by atoms with Crippen LogP contribution in [0.1, 0.15) is 17.9 Å². The zero-order valence-electron chi connectivity index (χ0n) is 15.3. The minimum Gasteiger partial charge on any atom is -0.302 e. The van der Waals surface area contributed by atoms with Crippen LogP contribution in [0.5, 0.6) is 0 Å². The van der Waals surface area contributed by atoms with Gasteiger partial charge in [-0.2, -0.15) is 0 Å². The fourth-order valence-corrected chi connectivity index (χ4v) is 4.19. The van der Waals surface area contributed by atoms with Crippen LogP contribution in [0.2, 0.25) is 0 Å². The van der Waals surface area contributed by atoms with Crippen molar-refractivity contribution in [3.05, 3.63) is 60.4 Å². The number of aldehydes is 1. The second kappa shape index (κ2) is 6.89. The number of rotatable bonds is 5. The number of hydrogen-bond acceptors (Lipinski definition) is 6. The first-order valence-corrected chi connectivity index (χ1v) is 9.51. The van der Waals surface area contributed by atoms with E-state index in [2.05, 4.69) is 44.5 Å². The van der Waals surface area contributed by atoms with E-state index < -0.39 is 0 Å². The molecule has 3 aromatic rings. The van der Waals surface area contributed by atoms with Gasteiger partial charge in [0.15, 0.2) is 6.29 Å². The number of nitrogens with one attached hydrogen (secondary N) is 1. The first kappa shape index (κ1) is 17.2. The van der Waals surface area contributed by atoms with Gasteiger partial charge >= 0.3 is 0 Å². The Hall–Kier alpha value is -2.96. The van der Waals surface area contributed by atoms with E-state index in [1.54, 1.807) is 6.20 Å². The maximum Gasteiger partial charge on any atom is 0.213 e. The highest BCUT2D eigenvalue weighted by Gasteiger charge is 2.48. The number of hydrogen-bond donors (Lipinski definition) is 1. The van der Waals surface area contributed by atoms with Gasteiger partial charge in [-0.1, -0.05) is 18.2 Å². The fraction of sp³-hybridized carbons (Fsp3) is 0.273. The summed E-state index contributed by atoms with van der Waals surface area (Å²) in [6.07, 6.45) is 5.17. The Balaban J connectivity index is 1.33. The summed E-state index contributed by atoms with van der Waals surface area (Å²) in [7, 11) is 0. The smallest absolute Gasteiger partial charge is 0.213 e. The molecule has 3 atom stereocenters.